The van der Waals surface area contributed by atoms with E-state index >= 15 is 0 Å². The van der Waals surface area contributed by atoms with Crippen molar-refractivity contribution in [3.05, 3.63) is 12.2 Å². The summed E-state index contributed by atoms with van der Waals surface area (Å²) < 4.78 is 10.5. The molecule has 1 atom stereocenters. The minimum atomic E-state index is -0.595. The summed E-state index contributed by atoms with van der Waals surface area (Å²) in [6.07, 6.45) is 3.52. The molecular weight excluding hydrogens is 246 g/mol. The molecule has 0 aromatic carbocycles. The van der Waals surface area contributed by atoms with Gasteiger partial charge in [0.25, 0.3) is 0 Å². The first-order valence-corrected chi connectivity index (χ1v) is 6.56. The normalized spacial score (nSPS) is 19.5. The average molecular weight is 269 g/mol. The third kappa shape index (κ3) is 4.93. The molecular formula is C14H23NO4. The van der Waals surface area contributed by atoms with Crippen molar-refractivity contribution < 1.29 is 19.1 Å². The number of carbonyl (C=O) groups excluding carboxylic acids is 2. The molecule has 1 aliphatic rings. The van der Waals surface area contributed by atoms with Crippen LogP contribution >= 0.6 is 0 Å². The second-order valence-electron chi connectivity index (χ2n) is 5.84. The molecule has 0 aromatic rings. The van der Waals surface area contributed by atoms with Gasteiger partial charge in [0.05, 0.1) is 6.10 Å². The fraction of sp³-hybridized carbons (Fsp3) is 0.714. The summed E-state index contributed by atoms with van der Waals surface area (Å²) in [7, 11) is 0. The van der Waals surface area contributed by atoms with Gasteiger partial charge in [0.1, 0.15) is 11.6 Å². The minimum absolute atomic E-state index is 0.195. The van der Waals surface area contributed by atoms with Gasteiger partial charge in [-0.3, -0.25) is 4.90 Å². The average Bonchev–Trinajstić information content (AvgIpc) is 2.25. The molecule has 0 bridgehead atoms. The number of nitrogens with zero attached hydrogens (tertiary/aromatic N) is 1. The standard InChI is InChI=1S/C14H23NO4/c1-10(2)18-12(16)11-8-6-7-9-15(11)13(17)19-14(3,4)5/h6-7,10-11H,8-9H2,1-5H3. The highest BCUT2D eigenvalue weighted by atomic mass is 16.6. The van der Waals surface area contributed by atoms with Crippen LogP contribution in [-0.2, 0) is 14.3 Å². The van der Waals surface area contributed by atoms with Crippen LogP contribution in [0.2, 0.25) is 0 Å². The van der Waals surface area contributed by atoms with Gasteiger partial charge >= 0.3 is 12.1 Å². The van der Waals surface area contributed by atoms with Crippen molar-refractivity contribution in [2.24, 2.45) is 0 Å². The number of ether oxygens (including phenoxy) is 2. The van der Waals surface area contributed by atoms with E-state index in [0.29, 0.717) is 13.0 Å². The molecule has 1 aliphatic heterocycles. The van der Waals surface area contributed by atoms with Crippen molar-refractivity contribution in [2.75, 3.05) is 6.54 Å². The Labute approximate surface area is 114 Å². The molecule has 1 unspecified atom stereocenters. The summed E-state index contributed by atoms with van der Waals surface area (Å²) in [5.41, 5.74) is -0.579. The van der Waals surface area contributed by atoms with Gasteiger partial charge in [-0.2, -0.15) is 0 Å². The lowest BCUT2D eigenvalue weighted by molar-refractivity contribution is -0.153. The van der Waals surface area contributed by atoms with E-state index in [4.69, 9.17) is 9.47 Å². The maximum absolute atomic E-state index is 12.1. The van der Waals surface area contributed by atoms with Crippen molar-refractivity contribution in [1.82, 2.24) is 4.90 Å². The molecule has 108 valence electrons. The predicted molar refractivity (Wildman–Crippen MR) is 71.7 cm³/mol. The largest absolute Gasteiger partial charge is 0.461 e. The lowest BCUT2D eigenvalue weighted by Gasteiger charge is -2.33. The van der Waals surface area contributed by atoms with Crippen LogP contribution in [0, 0.1) is 0 Å². The van der Waals surface area contributed by atoms with Crippen molar-refractivity contribution in [1.29, 1.82) is 0 Å². The Balaban J connectivity index is 2.76. The van der Waals surface area contributed by atoms with E-state index in [2.05, 4.69) is 0 Å². The molecule has 1 amide bonds. The second kappa shape index (κ2) is 6.08. The summed E-state index contributed by atoms with van der Waals surface area (Å²) in [6.45, 7) is 9.33. The van der Waals surface area contributed by atoms with Gasteiger partial charge in [0, 0.05) is 6.54 Å². The Hall–Kier alpha value is -1.52. The van der Waals surface area contributed by atoms with Crippen LogP contribution in [-0.4, -0.2) is 41.3 Å². The molecule has 0 radical (unpaired) electrons. The molecule has 1 rings (SSSR count). The van der Waals surface area contributed by atoms with Gasteiger partial charge in [-0.15, -0.1) is 0 Å². The van der Waals surface area contributed by atoms with Crippen LogP contribution < -0.4 is 0 Å². The molecule has 1 heterocycles. The van der Waals surface area contributed by atoms with Crippen molar-refractivity contribution >= 4 is 12.1 Å². The van der Waals surface area contributed by atoms with Gasteiger partial charge in [-0.1, -0.05) is 12.2 Å². The van der Waals surface area contributed by atoms with Gasteiger partial charge < -0.3 is 9.47 Å². The SMILES string of the molecule is CC(C)OC(=O)C1CC=CCN1C(=O)OC(C)(C)C. The van der Waals surface area contributed by atoms with Crippen molar-refractivity contribution in [3.8, 4) is 0 Å². The fourth-order valence-electron chi connectivity index (χ4n) is 1.72. The summed E-state index contributed by atoms with van der Waals surface area (Å²) in [5.74, 6) is -0.384. The molecule has 0 aromatic heterocycles. The van der Waals surface area contributed by atoms with E-state index in [0.717, 1.165) is 0 Å². The quantitative estimate of drug-likeness (QED) is 0.571. The molecule has 19 heavy (non-hydrogen) atoms. The number of hydrogen-bond acceptors (Lipinski definition) is 4. The monoisotopic (exact) mass is 269 g/mol. The van der Waals surface area contributed by atoms with Crippen LogP contribution in [0.4, 0.5) is 4.79 Å². The van der Waals surface area contributed by atoms with Gasteiger partial charge in [-0.05, 0) is 41.0 Å². The molecule has 5 heteroatoms. The smallest absolute Gasteiger partial charge is 0.411 e. The summed E-state index contributed by atoms with van der Waals surface area (Å²) in [4.78, 5) is 25.5. The van der Waals surface area contributed by atoms with Crippen LogP contribution in [0.15, 0.2) is 12.2 Å². The van der Waals surface area contributed by atoms with Crippen molar-refractivity contribution in [2.45, 2.75) is 58.8 Å². The summed E-state index contributed by atoms with van der Waals surface area (Å²) in [6, 6.07) is -0.595. The van der Waals surface area contributed by atoms with E-state index in [9.17, 15) is 9.59 Å². The number of carbonyl (C=O) groups is 2. The molecule has 0 saturated heterocycles. The Kier molecular flexibility index (Phi) is 4.97. The second-order valence-corrected chi connectivity index (χ2v) is 5.84. The summed E-state index contributed by atoms with van der Waals surface area (Å²) in [5, 5.41) is 0. The summed E-state index contributed by atoms with van der Waals surface area (Å²) >= 11 is 0. The number of rotatable bonds is 2. The van der Waals surface area contributed by atoms with Crippen LogP contribution in [0.5, 0.6) is 0 Å². The molecule has 0 fully saturated rings. The number of amides is 1. The van der Waals surface area contributed by atoms with E-state index in [1.807, 2.05) is 12.2 Å². The molecule has 5 nitrogen and oxygen atoms in total. The molecule has 0 aliphatic carbocycles. The molecule has 0 spiro atoms. The predicted octanol–water partition coefficient (Wildman–Crippen LogP) is 2.50. The van der Waals surface area contributed by atoms with Crippen LogP contribution in [0.1, 0.15) is 41.0 Å². The van der Waals surface area contributed by atoms with Crippen molar-refractivity contribution in [3.63, 3.8) is 0 Å². The zero-order valence-electron chi connectivity index (χ0n) is 12.3. The Morgan fingerprint density at radius 2 is 1.89 bits per heavy atom. The van der Waals surface area contributed by atoms with E-state index in [-0.39, 0.29) is 12.1 Å². The highest BCUT2D eigenvalue weighted by molar-refractivity contribution is 5.82. The van der Waals surface area contributed by atoms with Gasteiger partial charge in [-0.25, -0.2) is 9.59 Å². The van der Waals surface area contributed by atoms with Gasteiger partial charge in [0.15, 0.2) is 0 Å². The lowest BCUT2D eigenvalue weighted by atomic mass is 10.1. The lowest BCUT2D eigenvalue weighted by Crippen LogP contribution is -2.49. The number of esters is 1. The minimum Gasteiger partial charge on any atom is -0.461 e. The third-order valence-corrected chi connectivity index (χ3v) is 2.46. The van der Waals surface area contributed by atoms with Crippen LogP contribution in [0.25, 0.3) is 0 Å². The maximum Gasteiger partial charge on any atom is 0.411 e. The Bertz CT molecular complexity index is 368. The molecule has 0 N–H and O–H groups in total. The molecule has 0 saturated carbocycles. The zero-order valence-corrected chi connectivity index (χ0v) is 12.3. The Morgan fingerprint density at radius 3 is 2.42 bits per heavy atom. The highest BCUT2D eigenvalue weighted by Gasteiger charge is 2.34. The third-order valence-electron chi connectivity index (χ3n) is 2.46. The van der Waals surface area contributed by atoms with E-state index in [1.165, 1.54) is 4.90 Å². The fourth-order valence-corrected chi connectivity index (χ4v) is 1.72. The van der Waals surface area contributed by atoms with E-state index in [1.54, 1.807) is 34.6 Å². The first kappa shape index (κ1) is 15.5. The van der Waals surface area contributed by atoms with Gasteiger partial charge in [0.2, 0.25) is 0 Å². The zero-order chi connectivity index (χ0) is 14.6. The number of hydrogen-bond donors (Lipinski definition) is 0. The highest BCUT2D eigenvalue weighted by Crippen LogP contribution is 2.18. The van der Waals surface area contributed by atoms with Crippen LogP contribution in [0.3, 0.4) is 0 Å². The Morgan fingerprint density at radius 1 is 1.26 bits per heavy atom. The first-order valence-electron chi connectivity index (χ1n) is 6.56. The topological polar surface area (TPSA) is 55.8 Å². The van der Waals surface area contributed by atoms with E-state index < -0.39 is 17.7 Å². The first-order chi connectivity index (χ1) is 8.70. The maximum atomic E-state index is 12.1.